The first kappa shape index (κ1) is 29.8. The van der Waals surface area contributed by atoms with Crippen molar-refractivity contribution in [3.8, 4) is 22.8 Å². The first-order valence-corrected chi connectivity index (χ1v) is 14.1. The van der Waals surface area contributed by atoms with E-state index in [1.807, 2.05) is 19.9 Å². The topological polar surface area (TPSA) is 101 Å². The van der Waals surface area contributed by atoms with Gasteiger partial charge in [-0.1, -0.05) is 32.0 Å². The van der Waals surface area contributed by atoms with Gasteiger partial charge in [-0.05, 0) is 65.6 Å². The van der Waals surface area contributed by atoms with Gasteiger partial charge in [-0.25, -0.2) is 18.9 Å². The van der Waals surface area contributed by atoms with Gasteiger partial charge in [-0.15, -0.1) is 29.6 Å². The van der Waals surface area contributed by atoms with E-state index >= 15 is 0 Å². The molecule has 0 atom stereocenters. The molecule has 0 aliphatic carbocycles. The van der Waals surface area contributed by atoms with E-state index in [0.29, 0.717) is 44.8 Å². The maximum absolute atomic E-state index is 13.9. The smallest absolute Gasteiger partial charge is 0.406 e. The second-order valence-corrected chi connectivity index (χ2v) is 10.8. The van der Waals surface area contributed by atoms with Crippen LogP contribution in [0.4, 0.5) is 28.0 Å². The first-order valence-electron chi connectivity index (χ1n) is 13.1. The van der Waals surface area contributed by atoms with Crippen molar-refractivity contribution in [3.63, 3.8) is 0 Å². The molecule has 2 N–H and O–H groups in total. The van der Waals surface area contributed by atoms with Gasteiger partial charge in [0.05, 0.1) is 17.1 Å². The fraction of sp³-hybridized carbons (Fsp3) is 0.207. The molecule has 1 aromatic heterocycles. The van der Waals surface area contributed by atoms with Crippen molar-refractivity contribution in [2.45, 2.75) is 32.7 Å². The minimum Gasteiger partial charge on any atom is -0.406 e. The van der Waals surface area contributed by atoms with Crippen LogP contribution < -0.4 is 20.3 Å². The molecule has 4 aromatic rings. The first-order chi connectivity index (χ1) is 20.5. The van der Waals surface area contributed by atoms with Crippen LogP contribution in [0.15, 0.2) is 73.1 Å². The van der Waals surface area contributed by atoms with Crippen LogP contribution >= 0.6 is 11.4 Å². The molecular weight excluding hydrogens is 588 g/mol. The number of urea groups is 1. The Morgan fingerprint density at radius 2 is 1.86 bits per heavy atom. The molecule has 0 spiro atoms. The maximum atomic E-state index is 13.9. The fourth-order valence-electron chi connectivity index (χ4n) is 4.41. The summed E-state index contributed by atoms with van der Waals surface area (Å²) >= 11 is 0.619. The number of benzene rings is 3. The van der Waals surface area contributed by atoms with E-state index in [-0.39, 0.29) is 29.9 Å². The number of thiol groups is 1. The summed E-state index contributed by atoms with van der Waals surface area (Å²) in [7, 11) is 0. The van der Waals surface area contributed by atoms with Crippen LogP contribution in [0.25, 0.3) is 17.1 Å². The van der Waals surface area contributed by atoms with E-state index in [0.717, 1.165) is 5.56 Å². The molecule has 3 amide bonds. The summed E-state index contributed by atoms with van der Waals surface area (Å²) in [4.78, 5) is 31.2. The minimum atomic E-state index is -4.78. The summed E-state index contributed by atoms with van der Waals surface area (Å²) in [6.07, 6.45) is -3.34. The van der Waals surface area contributed by atoms with Crippen LogP contribution in [0.5, 0.6) is 5.75 Å². The highest BCUT2D eigenvalue weighted by molar-refractivity contribution is 8.00. The molecule has 0 fully saturated rings. The van der Waals surface area contributed by atoms with Gasteiger partial charge in [0.25, 0.3) is 0 Å². The molecule has 0 bridgehead atoms. The number of anilines is 1. The van der Waals surface area contributed by atoms with Crippen LogP contribution in [-0.2, 0) is 11.3 Å². The number of alkyl halides is 3. The number of nitrogens with zero attached hydrogens (tertiary/aromatic N) is 4. The Hall–Kier alpha value is -4.72. The third kappa shape index (κ3) is 7.20. The maximum Gasteiger partial charge on any atom is 0.573 e. The Bertz CT molecular complexity index is 1690. The van der Waals surface area contributed by atoms with Crippen LogP contribution in [0.2, 0.25) is 0 Å². The number of amides is 3. The molecule has 0 saturated heterocycles. The second kappa shape index (κ2) is 12.3. The number of carbonyl (C=O) groups is 2. The summed E-state index contributed by atoms with van der Waals surface area (Å²) in [5.41, 5.74) is 3.09. The molecule has 43 heavy (non-hydrogen) atoms. The lowest BCUT2D eigenvalue weighted by molar-refractivity contribution is -0.274. The molecule has 0 saturated carbocycles. The number of ether oxygens (including phenoxy) is 1. The second-order valence-electron chi connectivity index (χ2n) is 9.79. The molecule has 9 nitrogen and oxygen atoms in total. The molecule has 3 aromatic carbocycles. The molecule has 0 unspecified atom stereocenters. The van der Waals surface area contributed by atoms with E-state index in [1.54, 1.807) is 24.3 Å². The summed E-state index contributed by atoms with van der Waals surface area (Å²) in [5.74, 6) is -0.425. The molecule has 1 aliphatic rings. The Morgan fingerprint density at radius 1 is 1.09 bits per heavy atom. The normalized spacial score (nSPS) is 13.5. The van der Waals surface area contributed by atoms with Gasteiger partial charge >= 0.3 is 12.4 Å². The standard InChI is InChI=1S/C29H26F4N6O3S/c1-17(2)23-13-20(30)6-11-24(23)39-25(40)15-43-28(39)36-27(41)34-14-18-4-3-5-19(12-18)26-35-16-38(37-26)21-7-9-22(10-8-21)42-29(31,32)33/h3-13,16-17,43H,14-15H2,1-2H3,(H2,34,36,41). The van der Waals surface area contributed by atoms with Crippen LogP contribution in [0.3, 0.4) is 0 Å². The number of hydrogen-bond donors (Lipinski definition) is 3. The monoisotopic (exact) mass is 614 g/mol. The zero-order valence-corrected chi connectivity index (χ0v) is 23.8. The van der Waals surface area contributed by atoms with Crippen molar-refractivity contribution in [2.24, 2.45) is 0 Å². The number of halogens is 4. The highest BCUT2D eigenvalue weighted by Crippen LogP contribution is 2.31. The summed E-state index contributed by atoms with van der Waals surface area (Å²) in [6, 6.07) is 16.1. The zero-order chi connectivity index (χ0) is 30.7. The number of rotatable bonds is 7. The van der Waals surface area contributed by atoms with Gasteiger partial charge in [0, 0.05) is 12.1 Å². The Morgan fingerprint density at radius 3 is 2.58 bits per heavy atom. The highest BCUT2D eigenvalue weighted by atomic mass is 32.1. The number of nitrogens with one attached hydrogen (secondary N) is 2. The largest absolute Gasteiger partial charge is 0.573 e. The van der Waals surface area contributed by atoms with Crippen molar-refractivity contribution < 1.29 is 31.9 Å². The van der Waals surface area contributed by atoms with Crippen molar-refractivity contribution in [3.05, 3.63) is 90.0 Å². The lowest BCUT2D eigenvalue weighted by Gasteiger charge is -2.24. The Labute approximate surface area is 247 Å². The van der Waals surface area contributed by atoms with Crippen LogP contribution in [-0.4, -0.2) is 43.9 Å². The third-order valence-electron chi connectivity index (χ3n) is 6.37. The third-order valence-corrected chi connectivity index (χ3v) is 7.41. The van der Waals surface area contributed by atoms with Gasteiger partial charge in [-0.2, -0.15) is 0 Å². The molecule has 14 heteroatoms. The lowest BCUT2D eigenvalue weighted by atomic mass is 10.00. The van der Waals surface area contributed by atoms with E-state index in [1.165, 1.54) is 52.3 Å². The van der Waals surface area contributed by atoms with Crippen molar-refractivity contribution in [2.75, 3.05) is 10.7 Å². The van der Waals surface area contributed by atoms with Gasteiger partial charge in [-0.3, -0.25) is 15.0 Å². The van der Waals surface area contributed by atoms with E-state index in [4.69, 9.17) is 0 Å². The molecule has 5 rings (SSSR count). The SMILES string of the molecule is CC(C)c1cc(F)ccc1N1C(=O)C[SH]=C1NC(=O)NCc1cccc(-c2ncn(-c3ccc(OC(F)(F)F)cc3)n2)c1. The molecule has 1 aliphatic heterocycles. The summed E-state index contributed by atoms with van der Waals surface area (Å²) in [6.45, 7) is 3.96. The van der Waals surface area contributed by atoms with E-state index in [2.05, 4.69) is 25.5 Å². The van der Waals surface area contributed by atoms with Crippen molar-refractivity contribution in [1.82, 2.24) is 25.4 Å². The Balaban J connectivity index is 1.22. The van der Waals surface area contributed by atoms with Gasteiger partial charge < -0.3 is 10.1 Å². The zero-order valence-electron chi connectivity index (χ0n) is 22.9. The van der Waals surface area contributed by atoms with Gasteiger partial charge in [0.2, 0.25) is 5.91 Å². The predicted octanol–water partition coefficient (Wildman–Crippen LogP) is 5.49. The summed E-state index contributed by atoms with van der Waals surface area (Å²) < 4.78 is 56.5. The average molecular weight is 615 g/mol. The van der Waals surface area contributed by atoms with Crippen LogP contribution in [0.1, 0.15) is 30.9 Å². The predicted molar refractivity (Wildman–Crippen MR) is 156 cm³/mol. The number of aromatic nitrogens is 3. The molecule has 2 heterocycles. The quantitative estimate of drug-likeness (QED) is 0.145. The average Bonchev–Trinajstić information content (AvgIpc) is 3.59. The summed E-state index contributed by atoms with van der Waals surface area (Å²) in [5, 5.41) is 10.3. The molecule has 224 valence electrons. The van der Waals surface area contributed by atoms with E-state index < -0.39 is 18.2 Å². The molecular formula is C29H26F4N6O3S. The highest BCUT2D eigenvalue weighted by Gasteiger charge is 2.31. The number of hydrogen-bond acceptors (Lipinski definition) is 5. The van der Waals surface area contributed by atoms with Crippen molar-refractivity contribution in [1.29, 1.82) is 0 Å². The Kier molecular flexibility index (Phi) is 8.48. The fourth-order valence-corrected chi connectivity index (χ4v) is 5.37. The van der Waals surface area contributed by atoms with Crippen molar-refractivity contribution >= 4 is 34.1 Å². The van der Waals surface area contributed by atoms with Gasteiger partial charge in [0.15, 0.2) is 5.82 Å². The number of carbonyl (C=O) groups excluding carboxylic acids is 2. The minimum absolute atomic E-state index is 0.0441. The molecule has 0 radical (unpaired) electrons. The van der Waals surface area contributed by atoms with Gasteiger partial charge in [0.1, 0.15) is 23.0 Å². The lowest BCUT2D eigenvalue weighted by Crippen LogP contribution is -2.47. The van der Waals surface area contributed by atoms with E-state index in [9.17, 15) is 27.2 Å². The van der Waals surface area contributed by atoms with Crippen LogP contribution in [0, 0.1) is 5.82 Å².